The lowest BCUT2D eigenvalue weighted by molar-refractivity contribution is 0.0601. The SMILES string of the molecule is CC(C)=CCN1CCN(Cc2ccco2)C[C@@H]1CCO. The summed E-state index contributed by atoms with van der Waals surface area (Å²) in [5, 5.41) is 9.28. The Balaban J connectivity index is 1.91. The maximum absolute atomic E-state index is 9.28. The zero-order valence-electron chi connectivity index (χ0n) is 12.6. The molecule has 1 saturated heterocycles. The molecule has 0 unspecified atom stereocenters. The second kappa shape index (κ2) is 7.62. The molecule has 1 aromatic rings. The standard InChI is InChI=1S/C16H26N2O2/c1-14(2)5-7-18-9-8-17(12-15(18)6-10-19)13-16-4-3-11-20-16/h3-5,11,15,19H,6-10,12-13H2,1-2H3/t15-/m0/s1. The molecule has 1 N–H and O–H groups in total. The lowest BCUT2D eigenvalue weighted by Gasteiger charge is -2.40. The van der Waals surface area contributed by atoms with Crippen LogP contribution in [0.1, 0.15) is 26.0 Å². The first kappa shape index (κ1) is 15.3. The topological polar surface area (TPSA) is 39.9 Å². The van der Waals surface area contributed by atoms with Gasteiger partial charge in [0.05, 0.1) is 12.8 Å². The minimum Gasteiger partial charge on any atom is -0.468 e. The van der Waals surface area contributed by atoms with Crippen molar-refractivity contribution in [2.75, 3.05) is 32.8 Å². The molecule has 0 aromatic carbocycles. The summed E-state index contributed by atoms with van der Waals surface area (Å²) in [4.78, 5) is 4.89. The number of nitrogens with zero attached hydrogens (tertiary/aromatic N) is 2. The van der Waals surface area contributed by atoms with E-state index in [0.717, 1.165) is 44.9 Å². The molecule has 0 bridgehead atoms. The molecule has 1 aliphatic heterocycles. The number of hydrogen-bond donors (Lipinski definition) is 1. The molecular formula is C16H26N2O2. The predicted octanol–water partition coefficient (Wildman–Crippen LogP) is 2.11. The maximum Gasteiger partial charge on any atom is 0.117 e. The number of aliphatic hydroxyl groups is 1. The van der Waals surface area contributed by atoms with Crippen molar-refractivity contribution in [3.8, 4) is 0 Å². The molecule has 0 spiro atoms. The van der Waals surface area contributed by atoms with Gasteiger partial charge in [-0.05, 0) is 32.4 Å². The third-order valence-corrected chi connectivity index (χ3v) is 3.84. The minimum atomic E-state index is 0.255. The smallest absolute Gasteiger partial charge is 0.117 e. The zero-order chi connectivity index (χ0) is 14.4. The van der Waals surface area contributed by atoms with E-state index < -0.39 is 0 Å². The number of furan rings is 1. The van der Waals surface area contributed by atoms with E-state index in [-0.39, 0.29) is 6.61 Å². The summed E-state index contributed by atoms with van der Waals surface area (Å²) in [6.07, 6.45) is 4.84. The van der Waals surface area contributed by atoms with Gasteiger partial charge in [-0.15, -0.1) is 0 Å². The van der Waals surface area contributed by atoms with Gasteiger partial charge in [-0.25, -0.2) is 0 Å². The second-order valence-corrected chi connectivity index (χ2v) is 5.76. The molecule has 1 atom stereocenters. The van der Waals surface area contributed by atoms with Gasteiger partial charge in [-0.1, -0.05) is 11.6 Å². The van der Waals surface area contributed by atoms with Crippen LogP contribution in [0, 0.1) is 0 Å². The van der Waals surface area contributed by atoms with E-state index in [1.165, 1.54) is 5.57 Å². The van der Waals surface area contributed by atoms with Crippen molar-refractivity contribution in [2.45, 2.75) is 32.9 Å². The molecule has 2 rings (SSSR count). The third-order valence-electron chi connectivity index (χ3n) is 3.84. The van der Waals surface area contributed by atoms with Gasteiger partial charge in [-0.2, -0.15) is 0 Å². The summed E-state index contributed by atoms with van der Waals surface area (Å²) in [5.41, 5.74) is 1.35. The first-order chi connectivity index (χ1) is 9.69. The Labute approximate surface area is 121 Å². The molecule has 0 saturated carbocycles. The molecule has 112 valence electrons. The van der Waals surface area contributed by atoms with Crippen LogP contribution in [0.4, 0.5) is 0 Å². The molecule has 4 nitrogen and oxygen atoms in total. The van der Waals surface area contributed by atoms with Crippen LogP contribution in [0.2, 0.25) is 0 Å². The average Bonchev–Trinajstić information content (AvgIpc) is 2.91. The minimum absolute atomic E-state index is 0.255. The number of hydrogen-bond acceptors (Lipinski definition) is 4. The van der Waals surface area contributed by atoms with E-state index in [1.54, 1.807) is 6.26 Å². The summed E-state index contributed by atoms with van der Waals surface area (Å²) in [6.45, 7) is 9.48. The van der Waals surface area contributed by atoms with Crippen molar-refractivity contribution in [1.29, 1.82) is 0 Å². The molecule has 20 heavy (non-hydrogen) atoms. The first-order valence-electron chi connectivity index (χ1n) is 7.42. The Bertz CT molecular complexity index is 410. The van der Waals surface area contributed by atoms with Gasteiger partial charge in [-0.3, -0.25) is 9.80 Å². The predicted molar refractivity (Wildman–Crippen MR) is 80.5 cm³/mol. The van der Waals surface area contributed by atoms with Gasteiger partial charge in [0.1, 0.15) is 5.76 Å². The second-order valence-electron chi connectivity index (χ2n) is 5.76. The Morgan fingerprint density at radius 2 is 2.30 bits per heavy atom. The van der Waals surface area contributed by atoms with E-state index in [1.807, 2.05) is 12.1 Å². The van der Waals surface area contributed by atoms with E-state index >= 15 is 0 Å². The highest BCUT2D eigenvalue weighted by molar-refractivity contribution is 5.00. The summed E-state index contributed by atoms with van der Waals surface area (Å²) in [5.74, 6) is 1.02. The van der Waals surface area contributed by atoms with Gasteiger partial charge in [0.25, 0.3) is 0 Å². The van der Waals surface area contributed by atoms with E-state index in [9.17, 15) is 5.11 Å². The van der Waals surface area contributed by atoms with Crippen LogP contribution in [0.3, 0.4) is 0 Å². The normalized spacial score (nSPS) is 21.1. The van der Waals surface area contributed by atoms with Crippen LogP contribution < -0.4 is 0 Å². The quantitative estimate of drug-likeness (QED) is 0.809. The Hall–Kier alpha value is -1.10. The van der Waals surface area contributed by atoms with Gasteiger partial charge in [0.2, 0.25) is 0 Å². The van der Waals surface area contributed by atoms with E-state index in [2.05, 4.69) is 29.7 Å². The molecule has 1 fully saturated rings. The molecule has 4 heteroatoms. The fourth-order valence-corrected chi connectivity index (χ4v) is 2.69. The summed E-state index contributed by atoms with van der Waals surface area (Å²) < 4.78 is 5.42. The molecule has 0 amide bonds. The van der Waals surface area contributed by atoms with Crippen molar-refractivity contribution >= 4 is 0 Å². The van der Waals surface area contributed by atoms with E-state index in [0.29, 0.717) is 6.04 Å². The van der Waals surface area contributed by atoms with Crippen molar-refractivity contribution in [1.82, 2.24) is 9.80 Å². The van der Waals surface area contributed by atoms with Crippen molar-refractivity contribution in [3.05, 3.63) is 35.8 Å². The summed E-state index contributed by atoms with van der Waals surface area (Å²) >= 11 is 0. The van der Waals surface area contributed by atoms with Crippen molar-refractivity contribution in [2.24, 2.45) is 0 Å². The summed E-state index contributed by atoms with van der Waals surface area (Å²) in [7, 11) is 0. The maximum atomic E-state index is 9.28. The zero-order valence-corrected chi connectivity index (χ0v) is 12.6. The molecule has 2 heterocycles. The monoisotopic (exact) mass is 278 g/mol. The largest absolute Gasteiger partial charge is 0.468 e. The highest BCUT2D eigenvalue weighted by Gasteiger charge is 2.26. The van der Waals surface area contributed by atoms with Crippen LogP contribution in [0.15, 0.2) is 34.5 Å². The molecular weight excluding hydrogens is 252 g/mol. The molecule has 1 aromatic heterocycles. The lowest BCUT2D eigenvalue weighted by atomic mass is 10.1. The average molecular weight is 278 g/mol. The summed E-state index contributed by atoms with van der Waals surface area (Å²) in [6, 6.07) is 4.39. The first-order valence-corrected chi connectivity index (χ1v) is 7.42. The third kappa shape index (κ3) is 4.47. The Kier molecular flexibility index (Phi) is 5.83. The van der Waals surface area contributed by atoms with Crippen LogP contribution in [-0.2, 0) is 6.54 Å². The van der Waals surface area contributed by atoms with Crippen LogP contribution in [0.25, 0.3) is 0 Å². The van der Waals surface area contributed by atoms with Gasteiger partial charge >= 0.3 is 0 Å². The molecule has 0 aliphatic carbocycles. The fraction of sp³-hybridized carbons (Fsp3) is 0.625. The number of piperazine rings is 1. The van der Waals surface area contributed by atoms with Crippen molar-refractivity contribution < 1.29 is 9.52 Å². The number of aliphatic hydroxyl groups excluding tert-OH is 1. The van der Waals surface area contributed by atoms with Crippen LogP contribution >= 0.6 is 0 Å². The highest BCUT2D eigenvalue weighted by atomic mass is 16.3. The van der Waals surface area contributed by atoms with Crippen molar-refractivity contribution in [3.63, 3.8) is 0 Å². The Morgan fingerprint density at radius 1 is 1.45 bits per heavy atom. The van der Waals surface area contributed by atoms with Crippen LogP contribution in [0.5, 0.6) is 0 Å². The van der Waals surface area contributed by atoms with Gasteiger partial charge in [0, 0.05) is 38.8 Å². The van der Waals surface area contributed by atoms with E-state index in [4.69, 9.17) is 4.42 Å². The lowest BCUT2D eigenvalue weighted by Crippen LogP contribution is -2.53. The molecule has 1 aliphatic rings. The van der Waals surface area contributed by atoms with Gasteiger partial charge < -0.3 is 9.52 Å². The highest BCUT2D eigenvalue weighted by Crippen LogP contribution is 2.16. The molecule has 0 radical (unpaired) electrons. The Morgan fingerprint density at radius 3 is 2.95 bits per heavy atom. The number of rotatable bonds is 6. The van der Waals surface area contributed by atoms with Crippen LogP contribution in [-0.4, -0.2) is 53.7 Å². The number of allylic oxidation sites excluding steroid dienone is 1. The van der Waals surface area contributed by atoms with Gasteiger partial charge in [0.15, 0.2) is 0 Å². The fourth-order valence-electron chi connectivity index (χ4n) is 2.69.